The van der Waals surface area contributed by atoms with Crippen molar-refractivity contribution in [2.24, 2.45) is 0 Å². The Morgan fingerprint density at radius 3 is 2.61 bits per heavy atom. The number of carboxylic acids is 1. The molecule has 1 N–H and O–H groups in total. The Kier molecular flexibility index (Phi) is 3.15. The van der Waals surface area contributed by atoms with Crippen LogP contribution in [0.5, 0.6) is 0 Å². The molecule has 0 aliphatic heterocycles. The lowest BCUT2D eigenvalue weighted by Gasteiger charge is -2.13. The molecule has 0 radical (unpaired) electrons. The van der Waals surface area contributed by atoms with Crippen molar-refractivity contribution in [3.8, 4) is 0 Å². The molecule has 0 aliphatic carbocycles. The minimum Gasteiger partial charge on any atom is -0.481 e. The second-order valence-electron chi connectivity index (χ2n) is 5.56. The van der Waals surface area contributed by atoms with E-state index in [0.717, 1.165) is 20.8 Å². The summed E-state index contributed by atoms with van der Waals surface area (Å²) in [6.45, 7) is 8.09. The summed E-state index contributed by atoms with van der Waals surface area (Å²) in [5.41, 5.74) is 1.81. The highest BCUT2D eigenvalue weighted by Crippen LogP contribution is 2.32. The van der Waals surface area contributed by atoms with Crippen molar-refractivity contribution in [2.45, 2.75) is 39.0 Å². The Morgan fingerprint density at radius 1 is 1.39 bits per heavy atom. The Morgan fingerprint density at radius 2 is 2.06 bits per heavy atom. The van der Waals surface area contributed by atoms with Gasteiger partial charge in [-0.15, -0.1) is 11.3 Å². The van der Waals surface area contributed by atoms with E-state index in [9.17, 15) is 4.79 Å². The quantitative estimate of drug-likeness (QED) is 0.897. The van der Waals surface area contributed by atoms with Gasteiger partial charge in [0.1, 0.15) is 0 Å². The van der Waals surface area contributed by atoms with Crippen LogP contribution in [0.2, 0.25) is 0 Å². The number of rotatable bonds is 2. The standard InChI is InChI=1S/C14H17NO2S/c1-8(12(16)17)9-5-6-10-11(7-9)18-13(15-10)14(2,3)4/h5-8H,1-4H3,(H,16,17). The van der Waals surface area contributed by atoms with Crippen molar-refractivity contribution in [3.63, 3.8) is 0 Å². The van der Waals surface area contributed by atoms with Crippen molar-refractivity contribution < 1.29 is 9.90 Å². The van der Waals surface area contributed by atoms with E-state index in [-0.39, 0.29) is 5.41 Å². The Bertz CT molecular complexity index is 595. The number of nitrogens with zero attached hydrogens (tertiary/aromatic N) is 1. The van der Waals surface area contributed by atoms with Gasteiger partial charge < -0.3 is 5.11 Å². The van der Waals surface area contributed by atoms with Crippen molar-refractivity contribution in [3.05, 3.63) is 28.8 Å². The maximum atomic E-state index is 11.0. The van der Waals surface area contributed by atoms with Gasteiger partial charge >= 0.3 is 5.97 Å². The highest BCUT2D eigenvalue weighted by atomic mass is 32.1. The largest absolute Gasteiger partial charge is 0.481 e. The van der Waals surface area contributed by atoms with Crippen LogP contribution < -0.4 is 0 Å². The molecule has 3 nitrogen and oxygen atoms in total. The Labute approximate surface area is 110 Å². The first-order chi connectivity index (χ1) is 8.29. The van der Waals surface area contributed by atoms with Crippen LogP contribution >= 0.6 is 11.3 Å². The molecular weight excluding hydrogens is 246 g/mol. The van der Waals surface area contributed by atoms with E-state index in [1.807, 2.05) is 18.2 Å². The zero-order valence-corrected chi connectivity index (χ0v) is 11.8. The third-order valence-corrected chi connectivity index (χ3v) is 4.37. The number of benzene rings is 1. The number of carboxylic acid groups (broad SMARTS) is 1. The molecule has 96 valence electrons. The molecule has 1 aromatic carbocycles. The van der Waals surface area contributed by atoms with Gasteiger partial charge in [-0.2, -0.15) is 0 Å². The fourth-order valence-corrected chi connectivity index (χ4v) is 2.75. The summed E-state index contributed by atoms with van der Waals surface area (Å²) < 4.78 is 1.06. The van der Waals surface area contributed by atoms with Crippen molar-refractivity contribution in [1.82, 2.24) is 4.98 Å². The van der Waals surface area contributed by atoms with Gasteiger partial charge in [0.15, 0.2) is 0 Å². The predicted molar refractivity (Wildman–Crippen MR) is 74.4 cm³/mol. The number of aliphatic carboxylic acids is 1. The van der Waals surface area contributed by atoms with E-state index in [4.69, 9.17) is 5.11 Å². The van der Waals surface area contributed by atoms with Gasteiger partial charge in [0.2, 0.25) is 0 Å². The van der Waals surface area contributed by atoms with Gasteiger partial charge in [-0.3, -0.25) is 4.79 Å². The first-order valence-electron chi connectivity index (χ1n) is 5.93. The normalized spacial score (nSPS) is 13.8. The lowest BCUT2D eigenvalue weighted by atomic mass is 9.98. The van der Waals surface area contributed by atoms with Crippen LogP contribution in [0.3, 0.4) is 0 Å². The Hall–Kier alpha value is -1.42. The van der Waals surface area contributed by atoms with E-state index in [2.05, 4.69) is 25.8 Å². The van der Waals surface area contributed by atoms with Crippen molar-refractivity contribution in [1.29, 1.82) is 0 Å². The summed E-state index contributed by atoms with van der Waals surface area (Å²) in [5, 5.41) is 10.1. The summed E-state index contributed by atoms with van der Waals surface area (Å²) in [6, 6.07) is 5.71. The number of thiazole rings is 1. The third-order valence-electron chi connectivity index (χ3n) is 2.92. The molecule has 0 aliphatic rings. The molecule has 1 unspecified atom stereocenters. The average molecular weight is 263 g/mol. The minimum absolute atomic E-state index is 0.0300. The first kappa shape index (κ1) is 13.0. The van der Waals surface area contributed by atoms with Crippen LogP contribution in [0.4, 0.5) is 0 Å². The Balaban J connectivity index is 2.49. The van der Waals surface area contributed by atoms with Gasteiger partial charge in [0.25, 0.3) is 0 Å². The molecule has 0 fully saturated rings. The smallest absolute Gasteiger partial charge is 0.310 e. The summed E-state index contributed by atoms with van der Waals surface area (Å²) in [4.78, 5) is 15.6. The summed E-state index contributed by atoms with van der Waals surface area (Å²) in [7, 11) is 0. The topological polar surface area (TPSA) is 50.2 Å². The van der Waals surface area contributed by atoms with Crippen LogP contribution in [0.25, 0.3) is 10.2 Å². The van der Waals surface area contributed by atoms with Gasteiger partial charge in [-0.05, 0) is 24.6 Å². The maximum Gasteiger partial charge on any atom is 0.310 e. The molecule has 0 bridgehead atoms. The van der Waals surface area contributed by atoms with Crippen LogP contribution in [-0.2, 0) is 10.2 Å². The van der Waals surface area contributed by atoms with Gasteiger partial charge in [0, 0.05) is 5.41 Å². The molecular formula is C14H17NO2S. The lowest BCUT2D eigenvalue weighted by Crippen LogP contribution is -2.09. The molecule has 0 amide bonds. The highest BCUT2D eigenvalue weighted by Gasteiger charge is 2.20. The number of hydrogen-bond donors (Lipinski definition) is 1. The molecule has 1 heterocycles. The third kappa shape index (κ3) is 2.38. The fourth-order valence-electron chi connectivity index (χ4n) is 1.67. The van der Waals surface area contributed by atoms with Gasteiger partial charge in [-0.25, -0.2) is 4.98 Å². The second kappa shape index (κ2) is 4.35. The number of aromatic nitrogens is 1. The highest BCUT2D eigenvalue weighted by molar-refractivity contribution is 7.18. The molecule has 0 saturated carbocycles. The zero-order valence-electron chi connectivity index (χ0n) is 11.0. The molecule has 1 aromatic heterocycles. The van der Waals surface area contributed by atoms with Crippen LogP contribution in [0, 0.1) is 0 Å². The van der Waals surface area contributed by atoms with E-state index < -0.39 is 11.9 Å². The van der Waals surface area contributed by atoms with Crippen molar-refractivity contribution in [2.75, 3.05) is 0 Å². The molecule has 4 heteroatoms. The summed E-state index contributed by atoms with van der Waals surface area (Å²) >= 11 is 1.64. The molecule has 2 rings (SSSR count). The molecule has 1 atom stereocenters. The summed E-state index contributed by atoms with van der Waals surface area (Å²) in [6.07, 6.45) is 0. The van der Waals surface area contributed by atoms with Crippen molar-refractivity contribution >= 4 is 27.5 Å². The average Bonchev–Trinajstić information content (AvgIpc) is 2.69. The summed E-state index contributed by atoms with van der Waals surface area (Å²) in [5.74, 6) is -1.27. The van der Waals surface area contributed by atoms with Gasteiger partial charge in [-0.1, -0.05) is 26.8 Å². The lowest BCUT2D eigenvalue weighted by molar-refractivity contribution is -0.138. The maximum absolute atomic E-state index is 11.0. The SMILES string of the molecule is CC(C(=O)O)c1ccc2nc(C(C)(C)C)sc2c1. The molecule has 2 aromatic rings. The van der Waals surface area contributed by atoms with Crippen LogP contribution in [0.1, 0.15) is 44.2 Å². The van der Waals surface area contributed by atoms with Crippen LogP contribution in [0.15, 0.2) is 18.2 Å². The number of hydrogen-bond acceptors (Lipinski definition) is 3. The van der Waals surface area contributed by atoms with Crippen LogP contribution in [-0.4, -0.2) is 16.1 Å². The minimum atomic E-state index is -0.796. The monoisotopic (exact) mass is 263 g/mol. The van der Waals surface area contributed by atoms with E-state index in [1.54, 1.807) is 18.3 Å². The predicted octanol–water partition coefficient (Wildman–Crippen LogP) is 3.78. The molecule has 0 spiro atoms. The fraction of sp³-hybridized carbons (Fsp3) is 0.429. The molecule has 0 saturated heterocycles. The van der Waals surface area contributed by atoms with E-state index in [0.29, 0.717) is 0 Å². The number of carbonyl (C=O) groups is 1. The zero-order chi connectivity index (χ0) is 13.5. The van der Waals surface area contributed by atoms with E-state index in [1.165, 1.54) is 0 Å². The first-order valence-corrected chi connectivity index (χ1v) is 6.74. The van der Waals surface area contributed by atoms with E-state index >= 15 is 0 Å². The van der Waals surface area contributed by atoms with Gasteiger partial charge in [0.05, 0.1) is 21.1 Å². The number of fused-ring (bicyclic) bond motifs is 1. The molecule has 18 heavy (non-hydrogen) atoms. The second-order valence-corrected chi connectivity index (χ2v) is 6.59.